The molecule has 1 saturated heterocycles. The molecule has 1 atom stereocenters. The lowest BCUT2D eigenvalue weighted by molar-refractivity contribution is -0.136. The summed E-state index contributed by atoms with van der Waals surface area (Å²) in [4.78, 5) is 14.1. The van der Waals surface area contributed by atoms with Crippen LogP contribution in [-0.2, 0) is 11.3 Å². The van der Waals surface area contributed by atoms with Crippen LogP contribution in [0.25, 0.3) is 0 Å². The van der Waals surface area contributed by atoms with E-state index in [-0.39, 0.29) is 12.5 Å². The fourth-order valence-electron chi connectivity index (χ4n) is 2.60. The average Bonchev–Trinajstić information content (AvgIpc) is 2.47. The van der Waals surface area contributed by atoms with E-state index in [0.717, 1.165) is 31.7 Å². The Labute approximate surface area is 121 Å². The normalized spacial score (nSPS) is 18.9. The van der Waals surface area contributed by atoms with E-state index >= 15 is 0 Å². The molecule has 1 aliphatic heterocycles. The van der Waals surface area contributed by atoms with Gasteiger partial charge in [-0.25, -0.2) is 0 Å². The van der Waals surface area contributed by atoms with Crippen molar-refractivity contribution in [1.29, 1.82) is 0 Å². The van der Waals surface area contributed by atoms with Crippen LogP contribution in [0.2, 0.25) is 0 Å². The van der Waals surface area contributed by atoms with Gasteiger partial charge in [0.25, 0.3) is 5.91 Å². The summed E-state index contributed by atoms with van der Waals surface area (Å²) in [5.41, 5.74) is 1.20. The molecule has 110 valence electrons. The minimum absolute atomic E-state index is 0.0940. The molecule has 2 rings (SSSR count). The van der Waals surface area contributed by atoms with Crippen molar-refractivity contribution in [1.82, 2.24) is 10.2 Å². The van der Waals surface area contributed by atoms with Gasteiger partial charge in [0, 0.05) is 19.1 Å². The summed E-state index contributed by atoms with van der Waals surface area (Å²) in [6, 6.07) is 8.21. The van der Waals surface area contributed by atoms with Crippen LogP contribution in [0.15, 0.2) is 24.3 Å². The van der Waals surface area contributed by atoms with E-state index in [9.17, 15) is 4.79 Å². The minimum Gasteiger partial charge on any atom is -0.484 e. The smallest absolute Gasteiger partial charge is 0.260 e. The fourth-order valence-corrected chi connectivity index (χ4v) is 2.60. The van der Waals surface area contributed by atoms with Gasteiger partial charge < -0.3 is 15.0 Å². The predicted molar refractivity (Wildman–Crippen MR) is 79.7 cm³/mol. The molecular formula is C16H24N2O2. The third kappa shape index (κ3) is 3.97. The monoisotopic (exact) mass is 276 g/mol. The molecule has 0 bridgehead atoms. The van der Waals surface area contributed by atoms with Gasteiger partial charge in [0.15, 0.2) is 6.61 Å². The highest BCUT2D eigenvalue weighted by molar-refractivity contribution is 5.78. The first-order chi connectivity index (χ1) is 9.70. The van der Waals surface area contributed by atoms with Gasteiger partial charge in [-0.15, -0.1) is 0 Å². The predicted octanol–water partition coefficient (Wildman–Crippen LogP) is 2.19. The van der Waals surface area contributed by atoms with Crippen molar-refractivity contribution in [3.63, 3.8) is 0 Å². The van der Waals surface area contributed by atoms with Crippen LogP contribution in [0.1, 0.15) is 31.7 Å². The van der Waals surface area contributed by atoms with Gasteiger partial charge >= 0.3 is 0 Å². The molecule has 0 aliphatic carbocycles. The number of rotatable bonds is 5. The second-order valence-electron chi connectivity index (χ2n) is 5.39. The van der Waals surface area contributed by atoms with Crippen molar-refractivity contribution in [3.05, 3.63) is 29.8 Å². The number of carbonyl (C=O) groups is 1. The molecule has 1 aliphatic rings. The molecule has 0 radical (unpaired) electrons. The van der Waals surface area contributed by atoms with E-state index in [2.05, 4.69) is 12.2 Å². The molecule has 4 nitrogen and oxygen atoms in total. The fraction of sp³-hybridized carbons (Fsp3) is 0.562. The molecule has 4 heteroatoms. The maximum Gasteiger partial charge on any atom is 0.260 e. The van der Waals surface area contributed by atoms with Crippen LogP contribution < -0.4 is 10.1 Å². The maximum atomic E-state index is 12.1. The summed E-state index contributed by atoms with van der Waals surface area (Å²) in [6.45, 7) is 3.95. The number of nitrogens with zero attached hydrogens (tertiary/aromatic N) is 1. The van der Waals surface area contributed by atoms with E-state index in [1.807, 2.05) is 36.2 Å². The Morgan fingerprint density at radius 2 is 2.10 bits per heavy atom. The lowest BCUT2D eigenvalue weighted by Gasteiger charge is -2.33. The second-order valence-corrected chi connectivity index (χ2v) is 5.39. The zero-order valence-electron chi connectivity index (χ0n) is 12.4. The molecular weight excluding hydrogens is 252 g/mol. The molecule has 1 amide bonds. The zero-order valence-corrected chi connectivity index (χ0v) is 12.4. The summed E-state index contributed by atoms with van der Waals surface area (Å²) < 4.78 is 5.59. The van der Waals surface area contributed by atoms with Gasteiger partial charge in [-0.3, -0.25) is 4.79 Å². The SMILES string of the molecule is CNCc1ccc(OCC(=O)N2CCCCC2C)cc1. The van der Waals surface area contributed by atoms with Crippen LogP contribution in [0.4, 0.5) is 0 Å². The van der Waals surface area contributed by atoms with E-state index in [0.29, 0.717) is 6.04 Å². The number of benzene rings is 1. The second kappa shape index (κ2) is 7.29. The van der Waals surface area contributed by atoms with Crippen LogP contribution in [0.5, 0.6) is 5.75 Å². The molecule has 1 aromatic carbocycles. The molecule has 0 aromatic heterocycles. The number of ether oxygens (including phenoxy) is 1. The maximum absolute atomic E-state index is 12.1. The summed E-state index contributed by atoms with van der Waals surface area (Å²) in [7, 11) is 1.92. The van der Waals surface area contributed by atoms with Crippen molar-refractivity contribution in [2.75, 3.05) is 20.2 Å². The first-order valence-electron chi connectivity index (χ1n) is 7.36. The Balaban J connectivity index is 1.83. The lowest BCUT2D eigenvalue weighted by Crippen LogP contribution is -2.44. The molecule has 0 saturated carbocycles. The highest BCUT2D eigenvalue weighted by Crippen LogP contribution is 2.17. The Morgan fingerprint density at radius 3 is 2.75 bits per heavy atom. The number of piperidine rings is 1. The van der Waals surface area contributed by atoms with Crippen LogP contribution in [-0.4, -0.2) is 37.0 Å². The third-order valence-corrected chi connectivity index (χ3v) is 3.79. The first-order valence-corrected chi connectivity index (χ1v) is 7.36. The van der Waals surface area contributed by atoms with Crippen molar-refractivity contribution in [2.45, 2.75) is 38.8 Å². The van der Waals surface area contributed by atoms with E-state index in [4.69, 9.17) is 4.74 Å². The number of likely N-dealkylation sites (tertiary alicyclic amines) is 1. The molecule has 1 fully saturated rings. The lowest BCUT2D eigenvalue weighted by atomic mass is 10.0. The largest absolute Gasteiger partial charge is 0.484 e. The van der Waals surface area contributed by atoms with Gasteiger partial charge in [0.2, 0.25) is 0 Å². The van der Waals surface area contributed by atoms with Gasteiger partial charge in [-0.05, 0) is 50.9 Å². The molecule has 1 N–H and O–H groups in total. The molecule has 1 aromatic rings. The summed E-state index contributed by atoms with van der Waals surface area (Å²) in [6.07, 6.45) is 3.43. The Morgan fingerprint density at radius 1 is 1.35 bits per heavy atom. The van der Waals surface area contributed by atoms with Crippen molar-refractivity contribution in [2.24, 2.45) is 0 Å². The molecule has 1 unspecified atom stereocenters. The first kappa shape index (κ1) is 14.9. The molecule has 0 spiro atoms. The van der Waals surface area contributed by atoms with Crippen LogP contribution >= 0.6 is 0 Å². The van der Waals surface area contributed by atoms with Crippen LogP contribution in [0, 0.1) is 0 Å². The number of carbonyl (C=O) groups excluding carboxylic acids is 1. The summed E-state index contributed by atoms with van der Waals surface area (Å²) >= 11 is 0. The Hall–Kier alpha value is -1.55. The van der Waals surface area contributed by atoms with E-state index in [1.165, 1.54) is 12.0 Å². The Bertz CT molecular complexity index is 431. The summed E-state index contributed by atoms with van der Waals surface area (Å²) in [5.74, 6) is 0.847. The van der Waals surface area contributed by atoms with Crippen molar-refractivity contribution >= 4 is 5.91 Å². The van der Waals surface area contributed by atoms with Gasteiger partial charge in [-0.1, -0.05) is 12.1 Å². The van der Waals surface area contributed by atoms with Crippen molar-refractivity contribution in [3.8, 4) is 5.75 Å². The zero-order chi connectivity index (χ0) is 14.4. The summed E-state index contributed by atoms with van der Waals surface area (Å²) in [5, 5.41) is 3.10. The average molecular weight is 276 g/mol. The third-order valence-electron chi connectivity index (χ3n) is 3.79. The number of hydrogen-bond acceptors (Lipinski definition) is 3. The topological polar surface area (TPSA) is 41.6 Å². The minimum atomic E-state index is 0.0940. The standard InChI is InChI=1S/C16H24N2O2/c1-13-5-3-4-10-18(13)16(19)12-20-15-8-6-14(7-9-15)11-17-2/h6-9,13,17H,3-5,10-12H2,1-2H3. The molecule has 20 heavy (non-hydrogen) atoms. The van der Waals surface area contributed by atoms with E-state index < -0.39 is 0 Å². The van der Waals surface area contributed by atoms with Crippen molar-refractivity contribution < 1.29 is 9.53 Å². The highest BCUT2D eigenvalue weighted by atomic mass is 16.5. The number of nitrogens with one attached hydrogen (secondary N) is 1. The van der Waals surface area contributed by atoms with E-state index in [1.54, 1.807) is 0 Å². The molecule has 1 heterocycles. The Kier molecular flexibility index (Phi) is 5.41. The van der Waals surface area contributed by atoms with Gasteiger partial charge in [0.05, 0.1) is 0 Å². The van der Waals surface area contributed by atoms with Gasteiger partial charge in [-0.2, -0.15) is 0 Å². The number of amides is 1. The number of hydrogen-bond donors (Lipinski definition) is 1. The van der Waals surface area contributed by atoms with Crippen LogP contribution in [0.3, 0.4) is 0 Å². The highest BCUT2D eigenvalue weighted by Gasteiger charge is 2.23. The van der Waals surface area contributed by atoms with Gasteiger partial charge in [0.1, 0.15) is 5.75 Å². The quantitative estimate of drug-likeness (QED) is 0.896.